The number of carboxylic acid groups (broad SMARTS) is 1. The van der Waals surface area contributed by atoms with E-state index in [1.807, 2.05) is 24.3 Å². The lowest BCUT2D eigenvalue weighted by Gasteiger charge is -2.19. The molecule has 0 aliphatic carbocycles. The molecule has 0 saturated carbocycles. The third kappa shape index (κ3) is 4.66. The molecule has 4 rings (SSSR count). The largest absolute Gasteiger partial charge is 0.465 e. The van der Waals surface area contributed by atoms with Crippen LogP contribution in [0.25, 0.3) is 11.0 Å². The van der Waals surface area contributed by atoms with Crippen LogP contribution in [0.5, 0.6) is 0 Å². The summed E-state index contributed by atoms with van der Waals surface area (Å²) in [6.45, 7) is 0.407. The van der Waals surface area contributed by atoms with E-state index >= 15 is 0 Å². The second-order valence-corrected chi connectivity index (χ2v) is 8.59. The van der Waals surface area contributed by atoms with E-state index in [0.717, 1.165) is 14.9 Å². The first-order valence-corrected chi connectivity index (χ1v) is 10.8. The molecule has 1 atom stereocenters. The van der Waals surface area contributed by atoms with Gasteiger partial charge in [-0.2, -0.15) is 5.10 Å². The molecule has 2 aromatic heterocycles. The van der Waals surface area contributed by atoms with E-state index in [1.54, 1.807) is 35.1 Å². The van der Waals surface area contributed by atoms with Gasteiger partial charge in [-0.05, 0) is 29.3 Å². The summed E-state index contributed by atoms with van der Waals surface area (Å²) < 4.78 is 2.62. The number of alkyl halides is 1. The Morgan fingerprint density at radius 2 is 1.90 bits per heavy atom. The Hall–Kier alpha value is -2.68. The molecule has 0 fully saturated rings. The molecule has 0 saturated heterocycles. The normalized spacial score (nSPS) is 12.1. The predicted octanol–water partition coefficient (Wildman–Crippen LogP) is 5.91. The van der Waals surface area contributed by atoms with E-state index in [9.17, 15) is 9.90 Å². The standard InChI is InChI=1S/C21H16BrCl2N5O2/c22-15-7-5-13(6-8-15)18(24)11-29-20-16(9-27-29)19(25-12-26-20)28(21(30)31)10-14-3-1-2-4-17(14)23/h1-9,12,18H,10-11H2,(H,30,31). The number of aromatic nitrogens is 4. The molecule has 2 heterocycles. The smallest absolute Gasteiger partial charge is 0.413 e. The fourth-order valence-corrected chi connectivity index (χ4v) is 3.92. The highest BCUT2D eigenvalue weighted by atomic mass is 79.9. The second-order valence-electron chi connectivity index (χ2n) is 6.74. The van der Waals surface area contributed by atoms with Gasteiger partial charge in [0.05, 0.1) is 30.0 Å². The number of carbonyl (C=O) groups is 1. The van der Waals surface area contributed by atoms with Crippen molar-refractivity contribution in [1.29, 1.82) is 0 Å². The Bertz CT molecular complexity index is 1230. The highest BCUT2D eigenvalue weighted by Gasteiger charge is 2.23. The number of nitrogens with zero attached hydrogens (tertiary/aromatic N) is 5. The maximum Gasteiger partial charge on any atom is 0.413 e. The molecule has 7 nitrogen and oxygen atoms in total. The van der Waals surface area contributed by atoms with Crippen molar-refractivity contribution in [2.24, 2.45) is 0 Å². The third-order valence-corrected chi connectivity index (χ3v) is 6.04. The van der Waals surface area contributed by atoms with Gasteiger partial charge < -0.3 is 5.11 Å². The lowest BCUT2D eigenvalue weighted by atomic mass is 10.1. The van der Waals surface area contributed by atoms with Crippen molar-refractivity contribution in [2.45, 2.75) is 18.5 Å². The summed E-state index contributed by atoms with van der Waals surface area (Å²) in [6.07, 6.45) is 1.72. The number of halogens is 3. The fourth-order valence-electron chi connectivity index (χ4n) is 3.19. The van der Waals surface area contributed by atoms with Crippen molar-refractivity contribution in [1.82, 2.24) is 19.7 Å². The summed E-state index contributed by atoms with van der Waals surface area (Å²) in [5, 5.41) is 14.9. The third-order valence-electron chi connectivity index (χ3n) is 4.75. The number of rotatable bonds is 6. The maximum atomic E-state index is 12.0. The van der Waals surface area contributed by atoms with Crippen LogP contribution >= 0.6 is 39.1 Å². The minimum atomic E-state index is -1.15. The summed E-state index contributed by atoms with van der Waals surface area (Å²) in [5.74, 6) is 0.235. The van der Waals surface area contributed by atoms with Crippen molar-refractivity contribution < 1.29 is 9.90 Å². The van der Waals surface area contributed by atoms with E-state index in [-0.39, 0.29) is 17.7 Å². The van der Waals surface area contributed by atoms with Crippen LogP contribution in [-0.2, 0) is 13.1 Å². The number of hydrogen-bond acceptors (Lipinski definition) is 4. The van der Waals surface area contributed by atoms with Gasteiger partial charge in [-0.3, -0.25) is 4.90 Å². The predicted molar refractivity (Wildman–Crippen MR) is 124 cm³/mol. The molecule has 0 aliphatic rings. The van der Waals surface area contributed by atoms with Crippen molar-refractivity contribution in [3.05, 3.63) is 81.7 Å². The molecule has 0 aliphatic heterocycles. The van der Waals surface area contributed by atoms with Crippen LogP contribution in [0.4, 0.5) is 10.6 Å². The quantitative estimate of drug-likeness (QED) is 0.319. The van der Waals surface area contributed by atoms with Crippen LogP contribution in [0, 0.1) is 0 Å². The number of fused-ring (bicyclic) bond motifs is 1. The fraction of sp³-hybridized carbons (Fsp3) is 0.143. The van der Waals surface area contributed by atoms with E-state index in [1.165, 1.54) is 6.33 Å². The van der Waals surface area contributed by atoms with Crippen LogP contribution < -0.4 is 4.90 Å². The van der Waals surface area contributed by atoms with Gasteiger partial charge in [-0.1, -0.05) is 57.9 Å². The van der Waals surface area contributed by atoms with E-state index < -0.39 is 6.09 Å². The Labute approximate surface area is 196 Å². The first kappa shape index (κ1) is 21.5. The molecule has 10 heteroatoms. The van der Waals surface area contributed by atoms with Crippen molar-refractivity contribution in [2.75, 3.05) is 4.90 Å². The first-order valence-electron chi connectivity index (χ1n) is 9.24. The Morgan fingerprint density at radius 3 is 2.61 bits per heavy atom. The van der Waals surface area contributed by atoms with Gasteiger partial charge in [-0.25, -0.2) is 19.4 Å². The molecule has 158 valence electrons. The number of anilines is 1. The van der Waals surface area contributed by atoms with Gasteiger partial charge in [0.2, 0.25) is 0 Å². The number of benzene rings is 2. The van der Waals surface area contributed by atoms with Crippen LogP contribution in [0.2, 0.25) is 5.02 Å². The topological polar surface area (TPSA) is 84.1 Å². The van der Waals surface area contributed by atoms with Gasteiger partial charge in [0, 0.05) is 9.50 Å². The highest BCUT2D eigenvalue weighted by Crippen LogP contribution is 2.29. The Morgan fingerprint density at radius 1 is 1.16 bits per heavy atom. The number of hydrogen-bond donors (Lipinski definition) is 1. The molecule has 0 radical (unpaired) electrons. The summed E-state index contributed by atoms with van der Waals surface area (Å²) in [4.78, 5) is 21.7. The van der Waals surface area contributed by atoms with Gasteiger partial charge in [-0.15, -0.1) is 11.6 Å². The molecule has 0 bridgehead atoms. The molecule has 31 heavy (non-hydrogen) atoms. The van der Waals surface area contributed by atoms with Crippen LogP contribution in [0.3, 0.4) is 0 Å². The van der Waals surface area contributed by atoms with Crippen molar-refractivity contribution in [3.8, 4) is 0 Å². The number of amides is 1. The monoisotopic (exact) mass is 519 g/mol. The first-order chi connectivity index (χ1) is 14.9. The van der Waals surface area contributed by atoms with Gasteiger partial charge in [0.1, 0.15) is 6.33 Å². The highest BCUT2D eigenvalue weighted by molar-refractivity contribution is 9.10. The van der Waals surface area contributed by atoms with Gasteiger partial charge in [0.25, 0.3) is 0 Å². The minimum Gasteiger partial charge on any atom is -0.465 e. The minimum absolute atomic E-state index is 0.0450. The molecule has 1 N–H and O–H groups in total. The van der Waals surface area contributed by atoms with Crippen LogP contribution in [-0.4, -0.2) is 30.9 Å². The summed E-state index contributed by atoms with van der Waals surface area (Å²) in [7, 11) is 0. The van der Waals surface area contributed by atoms with E-state index in [2.05, 4.69) is 31.0 Å². The van der Waals surface area contributed by atoms with Crippen molar-refractivity contribution in [3.63, 3.8) is 0 Å². The average molecular weight is 521 g/mol. The zero-order valence-corrected chi connectivity index (χ0v) is 19.1. The zero-order valence-electron chi connectivity index (χ0n) is 16.0. The molecule has 4 aromatic rings. The van der Waals surface area contributed by atoms with Crippen molar-refractivity contribution >= 4 is 62.1 Å². The van der Waals surface area contributed by atoms with E-state index in [4.69, 9.17) is 23.2 Å². The molecular formula is C21H16BrCl2N5O2. The van der Waals surface area contributed by atoms with Gasteiger partial charge >= 0.3 is 6.09 Å². The molecule has 1 unspecified atom stereocenters. The molecule has 1 amide bonds. The lowest BCUT2D eigenvalue weighted by molar-refractivity contribution is 0.201. The van der Waals surface area contributed by atoms with Crippen LogP contribution in [0.1, 0.15) is 16.5 Å². The van der Waals surface area contributed by atoms with E-state index in [0.29, 0.717) is 28.2 Å². The average Bonchev–Trinajstić information content (AvgIpc) is 3.16. The molecular weight excluding hydrogens is 505 g/mol. The van der Waals surface area contributed by atoms with Gasteiger partial charge in [0.15, 0.2) is 11.5 Å². The SMILES string of the molecule is O=C(O)N(Cc1ccccc1Cl)c1ncnc2c1cnn2CC(Cl)c1ccc(Br)cc1. The summed E-state index contributed by atoms with van der Waals surface area (Å²) in [6, 6.07) is 14.8. The second kappa shape index (κ2) is 9.21. The Balaban J connectivity index is 1.66. The van der Waals surface area contributed by atoms with Crippen LogP contribution in [0.15, 0.2) is 65.5 Å². The zero-order chi connectivity index (χ0) is 22.0. The summed E-state index contributed by atoms with van der Waals surface area (Å²) >= 11 is 16.2. The molecule has 2 aromatic carbocycles. The lowest BCUT2D eigenvalue weighted by Crippen LogP contribution is -2.29. The Kier molecular flexibility index (Phi) is 6.41. The maximum absolute atomic E-state index is 12.0. The summed E-state index contributed by atoms with van der Waals surface area (Å²) in [5.41, 5.74) is 2.11. The molecule has 0 spiro atoms.